The van der Waals surface area contributed by atoms with Gasteiger partial charge in [-0.25, -0.2) is 4.79 Å². The summed E-state index contributed by atoms with van der Waals surface area (Å²) in [7, 11) is 0. The molecular formula is C33H48N6O7. The van der Waals surface area contributed by atoms with Crippen molar-refractivity contribution in [2.75, 3.05) is 72.5 Å². The van der Waals surface area contributed by atoms with E-state index < -0.39 is 12.0 Å². The van der Waals surface area contributed by atoms with Crippen molar-refractivity contribution in [2.45, 2.75) is 51.1 Å². The van der Waals surface area contributed by atoms with E-state index in [0.717, 1.165) is 44.3 Å². The molecule has 3 aliphatic heterocycles. The van der Waals surface area contributed by atoms with E-state index in [1.807, 2.05) is 6.07 Å². The summed E-state index contributed by atoms with van der Waals surface area (Å²) < 4.78 is 23.7. The lowest BCUT2D eigenvalue weighted by Gasteiger charge is -2.53. The maximum absolute atomic E-state index is 14.3. The molecule has 3 aliphatic rings. The number of esters is 1. The zero-order valence-electron chi connectivity index (χ0n) is 26.7. The number of nitrogens with two attached hydrogens (primary N) is 2. The van der Waals surface area contributed by atoms with E-state index in [0.29, 0.717) is 32.1 Å². The number of benzene rings is 1. The molecule has 0 spiro atoms. The molecule has 1 aromatic carbocycles. The first kappa shape index (κ1) is 33.9. The molecule has 0 saturated carbocycles. The van der Waals surface area contributed by atoms with Gasteiger partial charge in [0.25, 0.3) is 5.91 Å². The van der Waals surface area contributed by atoms with Gasteiger partial charge in [0.15, 0.2) is 5.96 Å². The SMILES string of the molecule is CC[C@@]12C=C(C(=O)N[C@@H](CCN=C(N)N)C(=O)OCCOCCOCCOCCO)n3c4c(c5ccccc53)CCN(CCC1)[C@H]42. The number of carbonyl (C=O) groups excluding carboxylic acids is 2. The third-order valence-electron chi connectivity index (χ3n) is 9.24. The molecule has 2 aromatic rings. The summed E-state index contributed by atoms with van der Waals surface area (Å²) in [4.78, 5) is 34.1. The summed E-state index contributed by atoms with van der Waals surface area (Å²) in [5, 5.41) is 12.9. The number of rotatable bonds is 18. The fourth-order valence-corrected chi connectivity index (χ4v) is 7.16. The molecule has 3 atom stereocenters. The molecule has 13 heteroatoms. The van der Waals surface area contributed by atoms with Crippen molar-refractivity contribution < 1.29 is 33.6 Å². The summed E-state index contributed by atoms with van der Waals surface area (Å²) in [6, 6.07) is 7.53. The second kappa shape index (κ2) is 15.9. The first-order chi connectivity index (χ1) is 22.4. The van der Waals surface area contributed by atoms with Crippen molar-refractivity contribution in [3.05, 3.63) is 41.6 Å². The number of hydrogen-bond acceptors (Lipinski definition) is 9. The Balaban J connectivity index is 1.28. The first-order valence-electron chi connectivity index (χ1n) is 16.4. The number of ether oxygens (including phenoxy) is 4. The van der Waals surface area contributed by atoms with Gasteiger partial charge in [-0.2, -0.15) is 0 Å². The van der Waals surface area contributed by atoms with Gasteiger partial charge in [0.2, 0.25) is 0 Å². The largest absolute Gasteiger partial charge is 0.462 e. The number of aromatic nitrogens is 1. The lowest BCUT2D eigenvalue weighted by atomic mass is 9.66. The predicted molar refractivity (Wildman–Crippen MR) is 174 cm³/mol. The highest BCUT2D eigenvalue weighted by Crippen LogP contribution is 2.56. The highest BCUT2D eigenvalue weighted by atomic mass is 16.6. The van der Waals surface area contributed by atoms with Gasteiger partial charge in [0.1, 0.15) is 18.3 Å². The predicted octanol–water partition coefficient (Wildman–Crippen LogP) is 1.32. The molecular weight excluding hydrogens is 592 g/mol. The van der Waals surface area contributed by atoms with Crippen LogP contribution in [-0.2, 0) is 35.0 Å². The van der Waals surface area contributed by atoms with Gasteiger partial charge in [-0.1, -0.05) is 25.1 Å². The summed E-state index contributed by atoms with van der Waals surface area (Å²) >= 11 is 0. The van der Waals surface area contributed by atoms with Crippen LogP contribution in [0, 0.1) is 5.41 Å². The molecule has 1 fully saturated rings. The average Bonchev–Trinajstić information content (AvgIpc) is 3.40. The average molecular weight is 641 g/mol. The van der Waals surface area contributed by atoms with Crippen molar-refractivity contribution >= 4 is 34.4 Å². The van der Waals surface area contributed by atoms with Crippen LogP contribution in [0.15, 0.2) is 35.3 Å². The zero-order chi connectivity index (χ0) is 32.5. The van der Waals surface area contributed by atoms with Crippen LogP contribution in [0.25, 0.3) is 16.6 Å². The van der Waals surface area contributed by atoms with Crippen LogP contribution >= 0.6 is 0 Å². The van der Waals surface area contributed by atoms with E-state index >= 15 is 0 Å². The van der Waals surface area contributed by atoms with Crippen molar-refractivity contribution in [3.63, 3.8) is 0 Å². The van der Waals surface area contributed by atoms with Crippen LogP contribution in [0.4, 0.5) is 0 Å². The molecule has 1 aromatic heterocycles. The smallest absolute Gasteiger partial charge is 0.328 e. The number of piperidine rings is 1. The van der Waals surface area contributed by atoms with E-state index in [-0.39, 0.29) is 62.7 Å². The Morgan fingerprint density at radius 3 is 2.50 bits per heavy atom. The topological polar surface area (TPSA) is 176 Å². The molecule has 0 unspecified atom stereocenters. The van der Waals surface area contributed by atoms with Crippen molar-refractivity contribution in [3.8, 4) is 0 Å². The molecule has 252 valence electrons. The number of aliphatic hydroxyl groups is 1. The second-order valence-corrected chi connectivity index (χ2v) is 12.0. The number of amides is 1. The molecule has 1 amide bonds. The van der Waals surface area contributed by atoms with Gasteiger partial charge in [-0.15, -0.1) is 0 Å². The lowest BCUT2D eigenvalue weighted by Crippen LogP contribution is -2.52. The van der Waals surface area contributed by atoms with Crippen LogP contribution in [-0.4, -0.2) is 111 Å². The molecule has 46 heavy (non-hydrogen) atoms. The minimum Gasteiger partial charge on any atom is -0.462 e. The van der Waals surface area contributed by atoms with Gasteiger partial charge in [-0.05, 0) is 56.4 Å². The maximum Gasteiger partial charge on any atom is 0.328 e. The first-order valence-corrected chi connectivity index (χ1v) is 16.4. The molecule has 0 radical (unpaired) electrons. The van der Waals surface area contributed by atoms with Crippen molar-refractivity contribution in [2.24, 2.45) is 21.9 Å². The fourth-order valence-electron chi connectivity index (χ4n) is 7.16. The van der Waals surface area contributed by atoms with Crippen LogP contribution in [0.2, 0.25) is 0 Å². The second-order valence-electron chi connectivity index (χ2n) is 12.0. The van der Waals surface area contributed by atoms with Gasteiger partial charge in [0, 0.05) is 29.6 Å². The number of nitrogens with one attached hydrogen (secondary N) is 1. The van der Waals surface area contributed by atoms with Crippen molar-refractivity contribution in [1.82, 2.24) is 14.8 Å². The Labute approximate surface area is 269 Å². The van der Waals surface area contributed by atoms with E-state index in [2.05, 4.69) is 51.0 Å². The zero-order valence-corrected chi connectivity index (χ0v) is 26.7. The van der Waals surface area contributed by atoms with Crippen LogP contribution in [0.5, 0.6) is 0 Å². The number of aliphatic imine (C=N–C) groups is 1. The van der Waals surface area contributed by atoms with E-state index in [9.17, 15) is 9.59 Å². The number of carbonyl (C=O) groups is 2. The quantitative estimate of drug-likeness (QED) is 0.0805. The monoisotopic (exact) mass is 640 g/mol. The van der Waals surface area contributed by atoms with Gasteiger partial charge < -0.3 is 45.4 Å². The summed E-state index contributed by atoms with van der Waals surface area (Å²) in [6.07, 6.45) is 6.26. The number of aliphatic hydroxyl groups excluding tert-OH is 1. The Morgan fingerprint density at radius 1 is 1.07 bits per heavy atom. The highest BCUT2D eigenvalue weighted by Gasteiger charge is 2.51. The Morgan fingerprint density at radius 2 is 1.78 bits per heavy atom. The van der Waals surface area contributed by atoms with E-state index in [4.69, 9.17) is 35.5 Å². The normalized spacial score (nSPS) is 20.9. The minimum atomic E-state index is -0.963. The maximum atomic E-state index is 14.3. The van der Waals surface area contributed by atoms with Crippen LogP contribution < -0.4 is 16.8 Å². The molecule has 6 N–H and O–H groups in total. The number of fused-ring (bicyclic) bond motifs is 3. The molecule has 13 nitrogen and oxygen atoms in total. The standard InChI is InChI=1S/C33H48N6O7/c1-2-33-10-5-12-38-13-9-24-23-6-3-4-7-26(23)39(28(24)29(33)38)27(22-33)30(41)37-25(8-11-36-32(34)35)31(42)46-21-20-45-19-18-44-17-16-43-15-14-40/h3-4,6-7,22,25,29,40H,2,5,8-21H2,1H3,(H,37,41)(H4,34,35,36)/t25-,29+,33-/m0/s1. The molecule has 5 rings (SSSR count). The Bertz CT molecular complexity index is 1420. The van der Waals surface area contributed by atoms with Crippen LogP contribution in [0.3, 0.4) is 0 Å². The Kier molecular flexibility index (Phi) is 11.7. The molecule has 0 bridgehead atoms. The highest BCUT2D eigenvalue weighted by molar-refractivity contribution is 6.17. The van der Waals surface area contributed by atoms with E-state index in [1.54, 1.807) is 0 Å². The number of para-hydroxylation sites is 1. The summed E-state index contributed by atoms with van der Waals surface area (Å²) in [5.41, 5.74) is 15.0. The minimum absolute atomic E-state index is 0.0159. The number of nitrogens with zero attached hydrogens (tertiary/aromatic N) is 3. The Hall–Kier alpha value is -3.49. The van der Waals surface area contributed by atoms with Crippen molar-refractivity contribution in [1.29, 1.82) is 0 Å². The fraction of sp³-hybridized carbons (Fsp3) is 0.606. The molecule has 4 heterocycles. The third kappa shape index (κ3) is 7.39. The van der Waals surface area contributed by atoms with Gasteiger partial charge >= 0.3 is 5.97 Å². The lowest BCUT2D eigenvalue weighted by molar-refractivity contribution is -0.149. The molecule has 1 saturated heterocycles. The summed E-state index contributed by atoms with van der Waals surface area (Å²) in [5.74, 6) is -1.00. The summed E-state index contributed by atoms with van der Waals surface area (Å²) in [6.45, 7) is 6.34. The van der Waals surface area contributed by atoms with Gasteiger partial charge in [0.05, 0.1) is 57.8 Å². The van der Waals surface area contributed by atoms with Gasteiger partial charge in [-0.3, -0.25) is 14.7 Å². The number of hydrogen-bond donors (Lipinski definition) is 4. The number of guanidine groups is 1. The molecule has 0 aliphatic carbocycles. The van der Waals surface area contributed by atoms with E-state index in [1.165, 1.54) is 16.6 Å². The van der Waals surface area contributed by atoms with Crippen LogP contribution in [0.1, 0.15) is 49.9 Å². The third-order valence-corrected chi connectivity index (χ3v) is 9.24.